The van der Waals surface area contributed by atoms with Gasteiger partial charge in [-0.3, -0.25) is 0 Å². The normalized spacial score (nSPS) is 21.4. The molecule has 2 aliphatic rings. The maximum Gasteiger partial charge on any atom is 0.169 e. The fourth-order valence-electron chi connectivity index (χ4n) is 7.20. The standard InChI is InChI=1S/C33H49O2P/c1-23(2)17-26-19-25(5)20-27(18-24(3)4)30(26)28-13-10-11-14-29(28)36-31(6,7)21-33(22-32(36,8)9)34-15-12-16-35-33/h10-11,13-14,19-20,23-24H,12,15-18,21-22H2,1-9H3. The van der Waals surface area contributed by atoms with E-state index in [1.54, 1.807) is 5.30 Å². The van der Waals surface area contributed by atoms with Crippen molar-refractivity contribution in [1.29, 1.82) is 0 Å². The van der Waals surface area contributed by atoms with Crippen molar-refractivity contribution in [2.24, 2.45) is 11.8 Å². The van der Waals surface area contributed by atoms with Gasteiger partial charge in [-0.15, -0.1) is 0 Å². The Morgan fingerprint density at radius 3 is 1.81 bits per heavy atom. The molecule has 198 valence electrons. The first-order valence-corrected chi connectivity index (χ1v) is 15.5. The van der Waals surface area contributed by atoms with E-state index in [0.717, 1.165) is 45.3 Å². The van der Waals surface area contributed by atoms with Crippen LogP contribution in [0.2, 0.25) is 0 Å². The van der Waals surface area contributed by atoms with Crippen LogP contribution in [0.5, 0.6) is 0 Å². The molecule has 2 aromatic carbocycles. The lowest BCUT2D eigenvalue weighted by molar-refractivity contribution is -0.280. The molecule has 0 bridgehead atoms. The van der Waals surface area contributed by atoms with Crippen molar-refractivity contribution in [2.45, 2.75) is 111 Å². The van der Waals surface area contributed by atoms with E-state index in [0.29, 0.717) is 11.8 Å². The third-order valence-corrected chi connectivity index (χ3v) is 11.4. The molecular formula is C33H49O2P. The van der Waals surface area contributed by atoms with E-state index in [2.05, 4.69) is 98.7 Å². The summed E-state index contributed by atoms with van der Waals surface area (Å²) >= 11 is 0. The van der Waals surface area contributed by atoms with E-state index in [1.165, 1.54) is 27.8 Å². The molecule has 0 N–H and O–H groups in total. The van der Waals surface area contributed by atoms with Gasteiger partial charge in [-0.05, 0) is 75.9 Å². The molecule has 2 fully saturated rings. The van der Waals surface area contributed by atoms with E-state index in [-0.39, 0.29) is 10.3 Å². The van der Waals surface area contributed by atoms with E-state index in [9.17, 15) is 0 Å². The van der Waals surface area contributed by atoms with Crippen molar-refractivity contribution in [3.8, 4) is 11.1 Å². The van der Waals surface area contributed by atoms with Crippen LogP contribution in [0.15, 0.2) is 36.4 Å². The minimum Gasteiger partial charge on any atom is -0.350 e. The first-order chi connectivity index (χ1) is 16.8. The van der Waals surface area contributed by atoms with Crippen molar-refractivity contribution in [1.82, 2.24) is 0 Å². The highest BCUT2D eigenvalue weighted by Crippen LogP contribution is 2.68. The molecular weight excluding hydrogens is 459 g/mol. The van der Waals surface area contributed by atoms with Crippen molar-refractivity contribution in [3.05, 3.63) is 53.1 Å². The lowest BCUT2D eigenvalue weighted by Gasteiger charge is -2.57. The summed E-state index contributed by atoms with van der Waals surface area (Å²) in [6.45, 7) is 23.2. The number of hydrogen-bond acceptors (Lipinski definition) is 2. The average Bonchev–Trinajstić information content (AvgIpc) is 2.72. The highest BCUT2D eigenvalue weighted by molar-refractivity contribution is 7.69. The SMILES string of the molecule is Cc1cc(CC(C)C)c(-c2ccccc2P2C(C)(C)CC3(CC2(C)C)OCCCO3)c(CC(C)C)c1. The molecule has 2 saturated heterocycles. The van der Waals surface area contributed by atoms with Crippen LogP contribution in [0.25, 0.3) is 11.1 Å². The van der Waals surface area contributed by atoms with Crippen molar-refractivity contribution < 1.29 is 9.47 Å². The van der Waals surface area contributed by atoms with Gasteiger partial charge in [0.25, 0.3) is 0 Å². The molecule has 4 rings (SSSR count). The topological polar surface area (TPSA) is 18.5 Å². The minimum atomic E-state index is -0.482. The molecule has 36 heavy (non-hydrogen) atoms. The molecule has 2 aliphatic heterocycles. The Kier molecular flexibility index (Phi) is 8.12. The van der Waals surface area contributed by atoms with Gasteiger partial charge in [0.15, 0.2) is 5.79 Å². The Bertz CT molecular complexity index is 1010. The first kappa shape index (κ1) is 27.8. The summed E-state index contributed by atoms with van der Waals surface area (Å²) in [6, 6.07) is 14.3. The third kappa shape index (κ3) is 5.77. The van der Waals surface area contributed by atoms with Gasteiger partial charge in [-0.25, -0.2) is 0 Å². The fourth-order valence-corrected chi connectivity index (χ4v) is 11.6. The van der Waals surface area contributed by atoms with Gasteiger partial charge in [0.05, 0.1) is 13.2 Å². The summed E-state index contributed by atoms with van der Waals surface area (Å²) in [5, 5.41) is 1.77. The van der Waals surface area contributed by atoms with Crippen molar-refractivity contribution in [2.75, 3.05) is 13.2 Å². The summed E-state index contributed by atoms with van der Waals surface area (Å²) in [5.41, 5.74) is 7.41. The maximum absolute atomic E-state index is 6.40. The lowest BCUT2D eigenvalue weighted by atomic mass is 9.85. The van der Waals surface area contributed by atoms with Gasteiger partial charge in [0.2, 0.25) is 0 Å². The van der Waals surface area contributed by atoms with E-state index < -0.39 is 13.7 Å². The number of hydrogen-bond donors (Lipinski definition) is 0. The molecule has 0 saturated carbocycles. The molecule has 2 heterocycles. The highest BCUT2D eigenvalue weighted by Gasteiger charge is 2.56. The Morgan fingerprint density at radius 2 is 1.31 bits per heavy atom. The second kappa shape index (κ2) is 10.5. The van der Waals surface area contributed by atoms with Crippen LogP contribution >= 0.6 is 7.92 Å². The summed E-state index contributed by atoms with van der Waals surface area (Å²) in [4.78, 5) is 0. The van der Waals surface area contributed by atoms with Crippen LogP contribution in [0, 0.1) is 18.8 Å². The van der Waals surface area contributed by atoms with Crippen molar-refractivity contribution >= 4 is 13.2 Å². The van der Waals surface area contributed by atoms with Gasteiger partial charge in [-0.2, -0.15) is 0 Å². The molecule has 1 spiro atoms. The maximum atomic E-state index is 6.40. The Labute approximate surface area is 222 Å². The number of rotatable bonds is 6. The molecule has 0 amide bonds. The Hall–Kier alpha value is -1.21. The van der Waals surface area contributed by atoms with Crippen LogP contribution in [0.3, 0.4) is 0 Å². The van der Waals surface area contributed by atoms with Gasteiger partial charge >= 0.3 is 0 Å². The smallest absolute Gasteiger partial charge is 0.169 e. The largest absolute Gasteiger partial charge is 0.350 e. The predicted molar refractivity (Wildman–Crippen MR) is 157 cm³/mol. The number of aryl methyl sites for hydroxylation is 1. The minimum absolute atomic E-state index is 0.103. The molecule has 0 unspecified atom stereocenters. The molecule has 0 radical (unpaired) electrons. The molecule has 2 nitrogen and oxygen atoms in total. The monoisotopic (exact) mass is 508 g/mol. The molecule has 0 aliphatic carbocycles. The Balaban J connectivity index is 1.89. The van der Waals surface area contributed by atoms with Crippen molar-refractivity contribution in [3.63, 3.8) is 0 Å². The first-order valence-electron chi connectivity index (χ1n) is 14.1. The third-order valence-electron chi connectivity index (χ3n) is 7.75. The summed E-state index contributed by atoms with van der Waals surface area (Å²) in [7, 11) is -0.482. The van der Waals surface area contributed by atoms with Crippen LogP contribution in [-0.2, 0) is 22.3 Å². The van der Waals surface area contributed by atoms with Gasteiger partial charge in [0.1, 0.15) is 0 Å². The zero-order valence-corrected chi connectivity index (χ0v) is 25.2. The van der Waals surface area contributed by atoms with Crippen LogP contribution in [-0.4, -0.2) is 29.3 Å². The van der Waals surface area contributed by atoms with E-state index in [4.69, 9.17) is 9.47 Å². The van der Waals surface area contributed by atoms with Gasteiger partial charge in [-0.1, -0.05) is 105 Å². The lowest BCUT2D eigenvalue weighted by Crippen LogP contribution is -2.56. The molecule has 0 atom stereocenters. The highest BCUT2D eigenvalue weighted by atomic mass is 31.1. The van der Waals surface area contributed by atoms with Gasteiger partial charge < -0.3 is 9.47 Å². The predicted octanol–water partition coefficient (Wildman–Crippen LogP) is 8.65. The zero-order valence-electron chi connectivity index (χ0n) is 24.3. The second-order valence-electron chi connectivity index (χ2n) is 13.4. The fraction of sp³-hybridized carbons (Fsp3) is 0.636. The molecule has 2 aromatic rings. The van der Waals surface area contributed by atoms with Crippen LogP contribution in [0.1, 0.15) is 91.3 Å². The van der Waals surface area contributed by atoms with Crippen LogP contribution < -0.4 is 5.30 Å². The second-order valence-corrected chi connectivity index (χ2v) is 17.0. The quantitative estimate of drug-likeness (QED) is 0.364. The van der Waals surface area contributed by atoms with Crippen LogP contribution in [0.4, 0.5) is 0 Å². The molecule has 3 heteroatoms. The summed E-state index contributed by atoms with van der Waals surface area (Å²) < 4.78 is 12.8. The van der Waals surface area contributed by atoms with Gasteiger partial charge in [0, 0.05) is 12.8 Å². The summed E-state index contributed by atoms with van der Waals surface area (Å²) in [5.74, 6) is 0.825. The van der Waals surface area contributed by atoms with E-state index in [1.807, 2.05) is 0 Å². The summed E-state index contributed by atoms with van der Waals surface area (Å²) in [6.07, 6.45) is 5.17. The molecule has 0 aromatic heterocycles. The number of ether oxygens (including phenoxy) is 2. The average molecular weight is 509 g/mol. The van der Waals surface area contributed by atoms with E-state index >= 15 is 0 Å². The Morgan fingerprint density at radius 1 is 0.806 bits per heavy atom. The number of benzene rings is 2. The zero-order chi connectivity index (χ0) is 26.3.